The molecule has 3 heterocycles. The van der Waals surface area contributed by atoms with Crippen LogP contribution in [0.2, 0.25) is 0 Å². The molecule has 0 N–H and O–H groups in total. The van der Waals surface area contributed by atoms with Crippen molar-refractivity contribution in [3.8, 4) is 0 Å². The van der Waals surface area contributed by atoms with Crippen LogP contribution in [0.1, 0.15) is 49.4 Å². The molecule has 0 saturated carbocycles. The van der Waals surface area contributed by atoms with Gasteiger partial charge in [-0.05, 0) is 36.1 Å². The number of carbonyl (C=O) groups excluding carboxylic acids is 2. The summed E-state index contributed by atoms with van der Waals surface area (Å²) in [4.78, 5) is 44.7. The Morgan fingerprint density at radius 3 is 2.50 bits per heavy atom. The summed E-state index contributed by atoms with van der Waals surface area (Å²) in [5, 5.41) is 0.895. The third-order valence-electron chi connectivity index (χ3n) is 7.31. The van der Waals surface area contributed by atoms with E-state index < -0.39 is 12.0 Å². The van der Waals surface area contributed by atoms with Crippen molar-refractivity contribution in [2.45, 2.75) is 39.3 Å². The van der Waals surface area contributed by atoms with Gasteiger partial charge in [0.1, 0.15) is 13.2 Å². The second-order valence-corrected chi connectivity index (χ2v) is 11.3. The molecule has 1 aliphatic rings. The first-order valence-electron chi connectivity index (χ1n) is 13.7. The molecule has 1 unspecified atom stereocenters. The van der Waals surface area contributed by atoms with Crippen LogP contribution in [-0.4, -0.2) is 48.5 Å². The Hall–Kier alpha value is -4.28. The van der Waals surface area contributed by atoms with Crippen molar-refractivity contribution in [1.29, 1.82) is 0 Å². The summed E-state index contributed by atoms with van der Waals surface area (Å²) in [6.07, 6.45) is 3.65. The second-order valence-electron chi connectivity index (χ2n) is 10.3. The fraction of sp³-hybridized carbons (Fsp3) is 0.312. The molecule has 218 valence electrons. The van der Waals surface area contributed by atoms with Gasteiger partial charge in [0.05, 0.1) is 35.6 Å². The minimum atomic E-state index is -0.708. The number of para-hydroxylation sites is 1. The Kier molecular flexibility index (Phi) is 8.56. The van der Waals surface area contributed by atoms with Gasteiger partial charge in [-0.25, -0.2) is 9.79 Å². The third kappa shape index (κ3) is 5.60. The number of rotatable bonds is 9. The summed E-state index contributed by atoms with van der Waals surface area (Å²) >= 11 is 1.26. The van der Waals surface area contributed by atoms with Crippen LogP contribution >= 0.6 is 11.3 Å². The standard InChI is InChI=1S/C32H33N3O6S/c1-19(2)21-10-12-22(13-11-21)29-28(31(38)41-15-14-39-4)20(3)33-32-35(29)30(37)26(42-32)16-23-17-34(18-27(36)40-5)25-9-7-6-8-24(23)25/h6-13,16-17,19,29H,14-15,18H2,1-5H3. The zero-order valence-electron chi connectivity index (χ0n) is 24.2. The molecule has 2 aromatic heterocycles. The van der Waals surface area contributed by atoms with Crippen LogP contribution in [0.15, 0.2) is 75.8 Å². The van der Waals surface area contributed by atoms with E-state index in [9.17, 15) is 14.4 Å². The van der Waals surface area contributed by atoms with Gasteiger partial charge in [0.2, 0.25) is 0 Å². The van der Waals surface area contributed by atoms with Gasteiger partial charge in [0.25, 0.3) is 5.56 Å². The number of benzene rings is 2. The smallest absolute Gasteiger partial charge is 0.338 e. The molecule has 0 aliphatic carbocycles. The SMILES string of the molecule is COCCOC(=O)C1=C(C)N=c2sc(=Cc3cn(CC(=O)OC)c4ccccc34)c(=O)n2C1c1ccc(C(C)C)cc1. The Labute approximate surface area is 247 Å². The first-order valence-corrected chi connectivity index (χ1v) is 14.5. The van der Waals surface area contributed by atoms with Gasteiger partial charge in [0, 0.05) is 29.8 Å². The highest BCUT2D eigenvalue weighted by Crippen LogP contribution is 2.31. The molecule has 2 aromatic carbocycles. The summed E-state index contributed by atoms with van der Waals surface area (Å²) in [6, 6.07) is 14.9. The number of aromatic nitrogens is 2. The van der Waals surface area contributed by atoms with Crippen molar-refractivity contribution >= 4 is 40.3 Å². The van der Waals surface area contributed by atoms with E-state index in [-0.39, 0.29) is 31.3 Å². The van der Waals surface area contributed by atoms with Gasteiger partial charge in [-0.1, -0.05) is 67.6 Å². The first kappa shape index (κ1) is 29.2. The summed E-state index contributed by atoms with van der Waals surface area (Å²) in [6.45, 7) is 6.39. The molecule has 9 nitrogen and oxygen atoms in total. The number of hydrogen-bond acceptors (Lipinski definition) is 8. The molecule has 0 spiro atoms. The number of nitrogens with zero attached hydrogens (tertiary/aromatic N) is 3. The maximum absolute atomic E-state index is 14.1. The Morgan fingerprint density at radius 2 is 1.81 bits per heavy atom. The van der Waals surface area contributed by atoms with E-state index in [1.54, 1.807) is 16.1 Å². The molecule has 0 radical (unpaired) electrons. The number of esters is 2. The third-order valence-corrected chi connectivity index (χ3v) is 8.30. The van der Waals surface area contributed by atoms with Crippen molar-refractivity contribution in [2.75, 3.05) is 27.4 Å². The molecule has 0 fully saturated rings. The van der Waals surface area contributed by atoms with Gasteiger partial charge < -0.3 is 18.8 Å². The number of hydrogen-bond donors (Lipinski definition) is 0. The van der Waals surface area contributed by atoms with Crippen LogP contribution in [0, 0.1) is 0 Å². The van der Waals surface area contributed by atoms with Crippen LogP contribution in [0.5, 0.6) is 0 Å². The van der Waals surface area contributed by atoms with Crippen LogP contribution in [0.3, 0.4) is 0 Å². The summed E-state index contributed by atoms with van der Waals surface area (Å²) in [5.74, 6) is -0.574. The number of carbonyl (C=O) groups is 2. The molecule has 5 rings (SSSR count). The van der Waals surface area contributed by atoms with E-state index in [4.69, 9.17) is 14.2 Å². The Bertz CT molecular complexity index is 1860. The lowest BCUT2D eigenvalue weighted by Crippen LogP contribution is -2.40. The fourth-order valence-electron chi connectivity index (χ4n) is 5.12. The number of thiazole rings is 1. The van der Waals surface area contributed by atoms with Crippen molar-refractivity contribution in [2.24, 2.45) is 4.99 Å². The van der Waals surface area contributed by atoms with Crippen LogP contribution < -0.4 is 14.9 Å². The quantitative estimate of drug-likeness (QED) is 0.219. The van der Waals surface area contributed by atoms with E-state index >= 15 is 0 Å². The van der Waals surface area contributed by atoms with Crippen molar-refractivity contribution in [3.63, 3.8) is 0 Å². The second kappa shape index (κ2) is 12.3. The highest BCUT2D eigenvalue weighted by Gasteiger charge is 2.33. The molecule has 0 amide bonds. The van der Waals surface area contributed by atoms with Gasteiger partial charge in [0.15, 0.2) is 4.80 Å². The lowest BCUT2D eigenvalue weighted by molar-refractivity contribution is -0.141. The Morgan fingerprint density at radius 1 is 1.07 bits per heavy atom. The number of methoxy groups -OCH3 is 2. The zero-order valence-corrected chi connectivity index (χ0v) is 25.1. The average Bonchev–Trinajstić information content (AvgIpc) is 3.48. The van der Waals surface area contributed by atoms with E-state index in [0.717, 1.165) is 27.6 Å². The van der Waals surface area contributed by atoms with Gasteiger partial charge >= 0.3 is 11.9 Å². The van der Waals surface area contributed by atoms with Crippen molar-refractivity contribution in [3.05, 3.63) is 102 Å². The minimum Gasteiger partial charge on any atom is -0.468 e. The highest BCUT2D eigenvalue weighted by atomic mass is 32.1. The predicted molar refractivity (Wildman–Crippen MR) is 161 cm³/mol. The topological polar surface area (TPSA) is 101 Å². The van der Waals surface area contributed by atoms with Gasteiger partial charge in [-0.15, -0.1) is 0 Å². The molecule has 42 heavy (non-hydrogen) atoms. The maximum Gasteiger partial charge on any atom is 0.338 e. The lowest BCUT2D eigenvalue weighted by atomic mass is 9.93. The molecular formula is C32H33N3O6S. The van der Waals surface area contributed by atoms with E-state index in [2.05, 4.69) is 18.8 Å². The summed E-state index contributed by atoms with van der Waals surface area (Å²) in [5.41, 5.74) is 4.12. The van der Waals surface area contributed by atoms with Crippen LogP contribution in [0.25, 0.3) is 17.0 Å². The van der Waals surface area contributed by atoms with Crippen LogP contribution in [-0.2, 0) is 30.3 Å². The molecule has 10 heteroatoms. The number of ether oxygens (including phenoxy) is 3. The molecule has 0 saturated heterocycles. The van der Waals surface area contributed by atoms with Crippen LogP contribution in [0.4, 0.5) is 0 Å². The maximum atomic E-state index is 14.1. The molecule has 0 bridgehead atoms. The zero-order chi connectivity index (χ0) is 30.0. The largest absolute Gasteiger partial charge is 0.468 e. The first-order chi connectivity index (χ1) is 20.2. The molecule has 1 atom stereocenters. The fourth-order valence-corrected chi connectivity index (χ4v) is 6.16. The summed E-state index contributed by atoms with van der Waals surface area (Å²) in [7, 11) is 2.89. The lowest BCUT2D eigenvalue weighted by Gasteiger charge is -2.25. The number of allylic oxidation sites excluding steroid dienone is 1. The highest BCUT2D eigenvalue weighted by molar-refractivity contribution is 7.07. The number of fused-ring (bicyclic) bond motifs is 2. The van der Waals surface area contributed by atoms with Crippen molar-refractivity contribution in [1.82, 2.24) is 9.13 Å². The average molecular weight is 588 g/mol. The van der Waals surface area contributed by atoms with E-state index in [0.29, 0.717) is 26.5 Å². The molecule has 4 aromatic rings. The normalized spacial score (nSPS) is 15.2. The predicted octanol–water partition coefficient (Wildman–Crippen LogP) is 3.68. The molecular weight excluding hydrogens is 554 g/mol. The monoisotopic (exact) mass is 587 g/mol. The van der Waals surface area contributed by atoms with Gasteiger partial charge in [-0.2, -0.15) is 0 Å². The summed E-state index contributed by atoms with van der Waals surface area (Å²) < 4.78 is 19.3. The Balaban J connectivity index is 1.67. The van der Waals surface area contributed by atoms with E-state index in [1.165, 1.54) is 25.6 Å². The van der Waals surface area contributed by atoms with E-state index in [1.807, 2.05) is 60.8 Å². The van der Waals surface area contributed by atoms with Crippen molar-refractivity contribution < 1.29 is 23.8 Å². The molecule has 1 aliphatic heterocycles. The minimum absolute atomic E-state index is 0.0478. The van der Waals surface area contributed by atoms with Gasteiger partial charge in [-0.3, -0.25) is 14.2 Å².